The highest BCUT2D eigenvalue weighted by molar-refractivity contribution is 5.54. The monoisotopic (exact) mass is 128 g/mol. The maximum absolute atomic E-state index is 4.13. The predicted octanol–water partition coefficient (Wildman–Crippen LogP) is 1.42. The third-order valence-corrected chi connectivity index (χ3v) is 0.781. The van der Waals surface area contributed by atoms with E-state index in [2.05, 4.69) is 38.0 Å². The molecule has 0 unspecified atom stereocenters. The first kappa shape index (κ1) is 8.47. The molecule has 0 bridgehead atoms. The van der Waals surface area contributed by atoms with E-state index in [1.807, 2.05) is 0 Å². The minimum atomic E-state index is 0.399. The first-order valence-electron chi connectivity index (χ1n) is 3.40. The number of nitrogens with one attached hydrogen (secondary N) is 1. The molecule has 0 aromatic rings. The van der Waals surface area contributed by atoms with E-state index in [0.29, 0.717) is 12.1 Å². The van der Waals surface area contributed by atoms with Gasteiger partial charge < -0.3 is 5.32 Å². The van der Waals surface area contributed by atoms with E-state index in [-0.39, 0.29) is 0 Å². The number of aliphatic imine (C=N–C) groups is 1. The van der Waals surface area contributed by atoms with E-state index in [9.17, 15) is 0 Å². The fourth-order valence-corrected chi connectivity index (χ4v) is 0.341. The third kappa shape index (κ3) is 7.47. The molecule has 0 aliphatic carbocycles. The van der Waals surface area contributed by atoms with Gasteiger partial charge in [-0.05, 0) is 27.7 Å². The van der Waals surface area contributed by atoms with E-state index >= 15 is 0 Å². The minimum absolute atomic E-state index is 0.399. The van der Waals surface area contributed by atoms with Crippen molar-refractivity contribution >= 4 is 6.34 Å². The first-order valence-corrected chi connectivity index (χ1v) is 3.40. The second kappa shape index (κ2) is 4.36. The van der Waals surface area contributed by atoms with Crippen LogP contribution in [0.3, 0.4) is 0 Å². The molecule has 0 spiro atoms. The van der Waals surface area contributed by atoms with Crippen LogP contribution in [-0.4, -0.2) is 18.4 Å². The second-order valence-corrected chi connectivity index (χ2v) is 2.69. The molecule has 0 radical (unpaired) electrons. The SMILES string of the molecule is CC(C)/N=C\NC(C)C. The number of rotatable bonds is 3. The molecular formula is C7H16N2. The summed E-state index contributed by atoms with van der Waals surface area (Å²) in [7, 11) is 0. The molecule has 9 heavy (non-hydrogen) atoms. The van der Waals surface area contributed by atoms with Crippen molar-refractivity contribution < 1.29 is 0 Å². The number of hydrogen-bond acceptors (Lipinski definition) is 1. The van der Waals surface area contributed by atoms with E-state index in [1.165, 1.54) is 0 Å². The van der Waals surface area contributed by atoms with Crippen LogP contribution < -0.4 is 5.32 Å². The average molecular weight is 128 g/mol. The largest absolute Gasteiger partial charge is 0.374 e. The molecule has 0 saturated carbocycles. The molecule has 0 atom stereocenters. The van der Waals surface area contributed by atoms with Gasteiger partial charge in [0.25, 0.3) is 0 Å². The lowest BCUT2D eigenvalue weighted by atomic mass is 10.4. The van der Waals surface area contributed by atoms with E-state index < -0.39 is 0 Å². The van der Waals surface area contributed by atoms with Gasteiger partial charge in [0.15, 0.2) is 0 Å². The van der Waals surface area contributed by atoms with Crippen LogP contribution in [0.5, 0.6) is 0 Å². The molecule has 2 nitrogen and oxygen atoms in total. The zero-order valence-corrected chi connectivity index (χ0v) is 6.68. The molecule has 2 heteroatoms. The van der Waals surface area contributed by atoms with Crippen molar-refractivity contribution in [2.75, 3.05) is 0 Å². The Bertz CT molecular complexity index is 84.9. The van der Waals surface area contributed by atoms with E-state index in [4.69, 9.17) is 0 Å². The molecule has 0 rings (SSSR count). The van der Waals surface area contributed by atoms with Gasteiger partial charge in [-0.2, -0.15) is 0 Å². The summed E-state index contributed by atoms with van der Waals surface area (Å²) >= 11 is 0. The fourth-order valence-electron chi connectivity index (χ4n) is 0.341. The van der Waals surface area contributed by atoms with Gasteiger partial charge in [-0.25, -0.2) is 0 Å². The highest BCUT2D eigenvalue weighted by Crippen LogP contribution is 1.81. The highest BCUT2D eigenvalue weighted by Gasteiger charge is 1.85. The van der Waals surface area contributed by atoms with Gasteiger partial charge in [-0.3, -0.25) is 4.99 Å². The summed E-state index contributed by atoms with van der Waals surface area (Å²) in [4.78, 5) is 4.13. The molecule has 0 amide bonds. The Hall–Kier alpha value is -0.530. The Labute approximate surface area is 57.4 Å². The van der Waals surface area contributed by atoms with Crippen LogP contribution in [0, 0.1) is 0 Å². The molecule has 1 N–H and O–H groups in total. The lowest BCUT2D eigenvalue weighted by Gasteiger charge is -2.02. The molecule has 0 heterocycles. The number of nitrogens with zero attached hydrogens (tertiary/aromatic N) is 1. The molecule has 0 aliphatic heterocycles. The van der Waals surface area contributed by atoms with E-state index in [0.717, 1.165) is 0 Å². The molecule has 0 aliphatic rings. The van der Waals surface area contributed by atoms with Crippen LogP contribution in [0.1, 0.15) is 27.7 Å². The van der Waals surface area contributed by atoms with Crippen molar-refractivity contribution in [3.63, 3.8) is 0 Å². The summed E-state index contributed by atoms with van der Waals surface area (Å²) in [5.74, 6) is 0. The normalized spacial score (nSPS) is 11.8. The summed E-state index contributed by atoms with van der Waals surface area (Å²) in [6, 6.07) is 0.892. The van der Waals surface area contributed by atoms with Crippen molar-refractivity contribution in [2.45, 2.75) is 39.8 Å². The van der Waals surface area contributed by atoms with Crippen molar-refractivity contribution in [2.24, 2.45) is 4.99 Å². The molecule has 0 aromatic heterocycles. The van der Waals surface area contributed by atoms with Crippen molar-refractivity contribution in [1.29, 1.82) is 0 Å². The quantitative estimate of drug-likeness (QED) is 0.451. The topological polar surface area (TPSA) is 24.4 Å². The van der Waals surface area contributed by atoms with Gasteiger partial charge in [0.05, 0.1) is 6.34 Å². The van der Waals surface area contributed by atoms with Crippen LogP contribution in [0.15, 0.2) is 4.99 Å². The zero-order chi connectivity index (χ0) is 7.28. The van der Waals surface area contributed by atoms with Gasteiger partial charge in [-0.15, -0.1) is 0 Å². The van der Waals surface area contributed by atoms with Crippen molar-refractivity contribution in [3.8, 4) is 0 Å². The smallest absolute Gasteiger partial charge is 0.0828 e. The summed E-state index contributed by atoms with van der Waals surface area (Å²) in [6.07, 6.45) is 1.77. The molecule has 0 fully saturated rings. The van der Waals surface area contributed by atoms with Gasteiger partial charge in [0.1, 0.15) is 0 Å². The van der Waals surface area contributed by atoms with Crippen molar-refractivity contribution in [1.82, 2.24) is 5.32 Å². The van der Waals surface area contributed by atoms with Crippen LogP contribution in [-0.2, 0) is 0 Å². The molecular weight excluding hydrogens is 112 g/mol. The van der Waals surface area contributed by atoms with Gasteiger partial charge in [0, 0.05) is 12.1 Å². The zero-order valence-electron chi connectivity index (χ0n) is 6.68. The Kier molecular flexibility index (Phi) is 4.10. The summed E-state index contributed by atoms with van der Waals surface area (Å²) in [5.41, 5.74) is 0. The maximum Gasteiger partial charge on any atom is 0.0828 e. The lowest BCUT2D eigenvalue weighted by molar-refractivity contribution is 0.732. The summed E-state index contributed by atoms with van der Waals surface area (Å²) in [6.45, 7) is 8.29. The van der Waals surface area contributed by atoms with Crippen LogP contribution in [0.4, 0.5) is 0 Å². The highest BCUT2D eigenvalue weighted by atomic mass is 15.0. The lowest BCUT2D eigenvalue weighted by Crippen LogP contribution is -2.20. The summed E-state index contributed by atoms with van der Waals surface area (Å²) in [5, 5.41) is 3.09. The van der Waals surface area contributed by atoms with Crippen molar-refractivity contribution in [3.05, 3.63) is 0 Å². The third-order valence-electron chi connectivity index (χ3n) is 0.781. The van der Waals surface area contributed by atoms with Gasteiger partial charge >= 0.3 is 0 Å². The van der Waals surface area contributed by atoms with Gasteiger partial charge in [-0.1, -0.05) is 0 Å². The standard InChI is InChI=1S/C7H16N2/c1-6(2)8-5-9-7(3)4/h5-7H,1-4H3,(H,8,9). The summed E-state index contributed by atoms with van der Waals surface area (Å²) < 4.78 is 0. The van der Waals surface area contributed by atoms with Crippen LogP contribution in [0.25, 0.3) is 0 Å². The predicted molar refractivity (Wildman–Crippen MR) is 41.9 cm³/mol. The molecule has 0 aromatic carbocycles. The van der Waals surface area contributed by atoms with Crippen LogP contribution in [0.2, 0.25) is 0 Å². The van der Waals surface area contributed by atoms with Crippen LogP contribution >= 0.6 is 0 Å². The second-order valence-electron chi connectivity index (χ2n) is 2.69. The molecule has 0 saturated heterocycles. The molecule has 54 valence electrons. The number of hydrogen-bond donors (Lipinski definition) is 1. The fraction of sp³-hybridized carbons (Fsp3) is 0.857. The van der Waals surface area contributed by atoms with E-state index in [1.54, 1.807) is 6.34 Å². The Morgan fingerprint density at radius 2 is 1.78 bits per heavy atom. The Balaban J connectivity index is 3.25. The average Bonchev–Trinajstić information content (AvgIpc) is 1.63. The Morgan fingerprint density at radius 3 is 2.11 bits per heavy atom. The first-order chi connectivity index (χ1) is 4.13. The maximum atomic E-state index is 4.13. The minimum Gasteiger partial charge on any atom is -0.374 e. The Morgan fingerprint density at radius 1 is 1.22 bits per heavy atom. The van der Waals surface area contributed by atoms with Gasteiger partial charge in [0.2, 0.25) is 0 Å².